The molecule has 1 saturated carbocycles. The quantitative estimate of drug-likeness (QED) is 0.635. The molecule has 1 aliphatic heterocycles. The fourth-order valence-corrected chi connectivity index (χ4v) is 3.79. The molecular formula is C22H30ClNO4. The van der Waals surface area contributed by atoms with Crippen LogP contribution >= 0.6 is 11.6 Å². The predicted octanol–water partition coefficient (Wildman–Crippen LogP) is 4.52. The second kappa shape index (κ2) is 8.75. The number of amides is 1. The molecule has 1 aromatic carbocycles. The number of carbonyl (C=O) groups is 1. The zero-order valence-corrected chi connectivity index (χ0v) is 17.8. The third kappa shape index (κ3) is 5.42. The predicted molar refractivity (Wildman–Crippen MR) is 110 cm³/mol. The molecule has 1 aliphatic carbocycles. The Morgan fingerprint density at radius 1 is 1.32 bits per heavy atom. The molecule has 0 aromatic heterocycles. The van der Waals surface area contributed by atoms with Gasteiger partial charge in [-0.15, -0.1) is 0 Å². The van der Waals surface area contributed by atoms with Gasteiger partial charge in [-0.05, 0) is 57.2 Å². The van der Waals surface area contributed by atoms with Gasteiger partial charge in [0.2, 0.25) is 5.91 Å². The van der Waals surface area contributed by atoms with Gasteiger partial charge >= 0.3 is 0 Å². The number of ether oxygens (including phenoxy) is 3. The highest BCUT2D eigenvalue weighted by atomic mass is 35.5. The van der Waals surface area contributed by atoms with Gasteiger partial charge in [0, 0.05) is 30.1 Å². The lowest BCUT2D eigenvalue weighted by Crippen LogP contribution is -2.44. The number of benzene rings is 1. The molecule has 1 amide bonds. The minimum absolute atomic E-state index is 0.0258. The summed E-state index contributed by atoms with van der Waals surface area (Å²) in [5.41, 5.74) is 0.779. The zero-order chi connectivity index (χ0) is 20.3. The van der Waals surface area contributed by atoms with Crippen molar-refractivity contribution in [3.63, 3.8) is 0 Å². The first-order valence-corrected chi connectivity index (χ1v) is 10.2. The van der Waals surface area contributed by atoms with Crippen LogP contribution in [0.2, 0.25) is 0 Å². The lowest BCUT2D eigenvalue weighted by Gasteiger charge is -2.37. The van der Waals surface area contributed by atoms with Crippen molar-refractivity contribution < 1.29 is 19.0 Å². The average Bonchev–Trinajstić information content (AvgIpc) is 3.48. The Labute approximate surface area is 172 Å². The molecule has 1 atom stereocenters. The summed E-state index contributed by atoms with van der Waals surface area (Å²) < 4.78 is 16.9. The van der Waals surface area contributed by atoms with Crippen LogP contribution in [0.25, 0.3) is 0 Å². The van der Waals surface area contributed by atoms with Gasteiger partial charge < -0.3 is 19.1 Å². The van der Waals surface area contributed by atoms with E-state index in [1.807, 2.05) is 23.1 Å². The van der Waals surface area contributed by atoms with Crippen LogP contribution in [0.5, 0.6) is 11.5 Å². The molecule has 3 rings (SSSR count). The molecule has 0 spiro atoms. The lowest BCUT2D eigenvalue weighted by molar-refractivity contribution is -0.146. The summed E-state index contributed by atoms with van der Waals surface area (Å²) in [7, 11) is 1.60. The number of nitrogens with zero attached hydrogens (tertiary/aromatic N) is 1. The summed E-state index contributed by atoms with van der Waals surface area (Å²) >= 11 is 5.82. The van der Waals surface area contributed by atoms with E-state index in [1.54, 1.807) is 7.11 Å². The first-order chi connectivity index (χ1) is 13.3. The topological polar surface area (TPSA) is 48.0 Å². The molecule has 154 valence electrons. The highest BCUT2D eigenvalue weighted by molar-refractivity contribution is 6.29. The van der Waals surface area contributed by atoms with Gasteiger partial charge in [0.15, 0.2) is 11.5 Å². The van der Waals surface area contributed by atoms with Gasteiger partial charge in [-0.25, -0.2) is 0 Å². The van der Waals surface area contributed by atoms with E-state index in [9.17, 15) is 4.79 Å². The van der Waals surface area contributed by atoms with Crippen molar-refractivity contribution in [3.8, 4) is 11.5 Å². The fourth-order valence-electron chi connectivity index (χ4n) is 3.74. The molecule has 0 N–H and O–H groups in total. The van der Waals surface area contributed by atoms with E-state index >= 15 is 0 Å². The van der Waals surface area contributed by atoms with E-state index in [-0.39, 0.29) is 24.0 Å². The second-order valence-electron chi connectivity index (χ2n) is 8.29. The van der Waals surface area contributed by atoms with Gasteiger partial charge in [-0.2, -0.15) is 0 Å². The van der Waals surface area contributed by atoms with Crippen molar-refractivity contribution >= 4 is 17.5 Å². The van der Waals surface area contributed by atoms with Crippen LogP contribution in [0.3, 0.4) is 0 Å². The number of methoxy groups -OCH3 is 1. The third-order valence-electron chi connectivity index (χ3n) is 5.28. The molecule has 28 heavy (non-hydrogen) atoms. The molecule has 1 aromatic rings. The van der Waals surface area contributed by atoms with Crippen LogP contribution in [0.1, 0.15) is 45.1 Å². The molecule has 5 nitrogen and oxygen atoms in total. The molecule has 2 fully saturated rings. The highest BCUT2D eigenvalue weighted by Crippen LogP contribution is 2.36. The van der Waals surface area contributed by atoms with Crippen molar-refractivity contribution in [2.75, 3.05) is 20.3 Å². The number of hydrogen-bond donors (Lipinski definition) is 0. The number of rotatable bonds is 8. The van der Waals surface area contributed by atoms with E-state index in [1.165, 1.54) is 0 Å². The Morgan fingerprint density at radius 2 is 2.07 bits per heavy atom. The van der Waals surface area contributed by atoms with Crippen LogP contribution in [0, 0.1) is 5.92 Å². The maximum atomic E-state index is 13.3. The number of carbonyl (C=O) groups excluding carboxylic acids is 1. The van der Waals surface area contributed by atoms with Crippen LogP contribution in [0.15, 0.2) is 29.8 Å². The van der Waals surface area contributed by atoms with E-state index in [0.29, 0.717) is 35.7 Å². The standard InChI is InChI=1S/C22H30ClNO4/c1-15(23)14-27-20-11-16(5-8-19(20)26-4)13-24(18-6-7-18)21(25)17-9-10-28-22(2,3)12-17/h5,8,11,17-18H,1,6-7,9-10,12-14H2,2-4H3/t17-/m0/s1. The van der Waals surface area contributed by atoms with Gasteiger partial charge in [-0.1, -0.05) is 24.2 Å². The van der Waals surface area contributed by atoms with Gasteiger partial charge in [-0.3, -0.25) is 4.79 Å². The normalized spacial score (nSPS) is 21.1. The van der Waals surface area contributed by atoms with Crippen molar-refractivity contribution in [2.45, 2.75) is 57.7 Å². The summed E-state index contributed by atoms with van der Waals surface area (Å²) in [6.07, 6.45) is 3.71. The first-order valence-electron chi connectivity index (χ1n) is 9.86. The summed E-state index contributed by atoms with van der Waals surface area (Å²) in [5, 5.41) is 0.421. The molecule has 2 aliphatic rings. The lowest BCUT2D eigenvalue weighted by atomic mass is 9.87. The van der Waals surface area contributed by atoms with Crippen molar-refractivity contribution in [2.24, 2.45) is 5.92 Å². The fraction of sp³-hybridized carbons (Fsp3) is 0.591. The Morgan fingerprint density at radius 3 is 2.68 bits per heavy atom. The first kappa shape index (κ1) is 21.0. The Hall–Kier alpha value is -1.72. The summed E-state index contributed by atoms with van der Waals surface area (Å²) in [5.74, 6) is 1.51. The second-order valence-corrected chi connectivity index (χ2v) is 8.82. The van der Waals surface area contributed by atoms with Gasteiger partial charge in [0.1, 0.15) is 6.61 Å². The van der Waals surface area contributed by atoms with Crippen molar-refractivity contribution in [1.29, 1.82) is 0 Å². The van der Waals surface area contributed by atoms with E-state index in [4.69, 9.17) is 25.8 Å². The van der Waals surface area contributed by atoms with Gasteiger partial charge in [0.25, 0.3) is 0 Å². The molecule has 1 heterocycles. The maximum Gasteiger partial charge on any atom is 0.226 e. The zero-order valence-electron chi connectivity index (χ0n) is 17.0. The largest absolute Gasteiger partial charge is 0.493 e. The molecule has 1 saturated heterocycles. The van der Waals surface area contributed by atoms with Crippen LogP contribution in [-0.4, -0.2) is 42.8 Å². The molecule has 0 unspecified atom stereocenters. The van der Waals surface area contributed by atoms with Gasteiger partial charge in [0.05, 0.1) is 12.7 Å². The van der Waals surface area contributed by atoms with Crippen LogP contribution < -0.4 is 9.47 Å². The maximum absolute atomic E-state index is 13.3. The summed E-state index contributed by atoms with van der Waals surface area (Å²) in [6.45, 7) is 9.20. The Kier molecular flexibility index (Phi) is 6.56. The van der Waals surface area contributed by atoms with E-state index < -0.39 is 0 Å². The van der Waals surface area contributed by atoms with Crippen LogP contribution in [-0.2, 0) is 16.1 Å². The molecule has 0 bridgehead atoms. The average molecular weight is 408 g/mol. The molecule has 6 heteroatoms. The number of halogens is 1. The minimum atomic E-state index is -0.237. The highest BCUT2D eigenvalue weighted by Gasteiger charge is 2.39. The monoisotopic (exact) mass is 407 g/mol. The smallest absolute Gasteiger partial charge is 0.226 e. The van der Waals surface area contributed by atoms with Crippen LogP contribution in [0.4, 0.5) is 0 Å². The minimum Gasteiger partial charge on any atom is -0.493 e. The SMILES string of the molecule is C=C(Cl)COc1cc(CN(C(=O)[C@H]2CCOC(C)(C)C2)C2CC2)ccc1OC. The number of hydrogen-bond acceptors (Lipinski definition) is 4. The third-order valence-corrected chi connectivity index (χ3v) is 5.39. The Balaban J connectivity index is 1.74. The summed E-state index contributed by atoms with van der Waals surface area (Å²) in [6, 6.07) is 6.12. The van der Waals surface area contributed by atoms with Crippen molar-refractivity contribution in [3.05, 3.63) is 35.4 Å². The summed E-state index contributed by atoms with van der Waals surface area (Å²) in [4.78, 5) is 15.3. The van der Waals surface area contributed by atoms with Crippen molar-refractivity contribution in [1.82, 2.24) is 4.90 Å². The van der Waals surface area contributed by atoms with E-state index in [2.05, 4.69) is 20.4 Å². The molecular weight excluding hydrogens is 378 g/mol. The molecule has 0 radical (unpaired) electrons. The Bertz CT molecular complexity index is 729. The van der Waals surface area contributed by atoms with E-state index in [0.717, 1.165) is 31.2 Å².